The average Bonchev–Trinajstić information content (AvgIpc) is 2.36. The van der Waals surface area contributed by atoms with Gasteiger partial charge in [-0.3, -0.25) is 0 Å². The number of amides is 1. The molecule has 0 bridgehead atoms. The van der Waals surface area contributed by atoms with E-state index in [1.165, 1.54) is 0 Å². The van der Waals surface area contributed by atoms with Crippen LogP contribution in [0.4, 0.5) is 10.6 Å². The van der Waals surface area contributed by atoms with E-state index in [0.717, 1.165) is 9.61 Å². The number of aromatic nitrogens is 1. The molecule has 8 heteroatoms. The normalized spacial score (nSPS) is 15.4. The third-order valence-electron chi connectivity index (χ3n) is 3.40. The lowest BCUT2D eigenvalue weighted by Crippen LogP contribution is -2.57. The summed E-state index contributed by atoms with van der Waals surface area (Å²) in [6.07, 6.45) is 1.50. The number of carbonyl (C=O) groups excluding carboxylic acids is 1. The van der Waals surface area contributed by atoms with Crippen molar-refractivity contribution in [2.45, 2.75) is 31.7 Å². The van der Waals surface area contributed by atoms with Crippen LogP contribution in [0.3, 0.4) is 0 Å². The van der Waals surface area contributed by atoms with Gasteiger partial charge in [-0.2, -0.15) is 0 Å². The van der Waals surface area contributed by atoms with E-state index in [0.29, 0.717) is 30.5 Å². The summed E-state index contributed by atoms with van der Waals surface area (Å²) in [5.74, 6) is 0.672. The van der Waals surface area contributed by atoms with Crippen molar-refractivity contribution in [3.63, 3.8) is 0 Å². The van der Waals surface area contributed by atoms with Crippen LogP contribution < -0.4 is 5.32 Å². The van der Waals surface area contributed by atoms with E-state index in [1.54, 1.807) is 11.1 Å². The minimum Gasteiger partial charge on any atom is -0.450 e. The molecule has 1 aliphatic heterocycles. The summed E-state index contributed by atoms with van der Waals surface area (Å²) >= 11 is 8.36. The molecule has 0 atom stereocenters. The van der Waals surface area contributed by atoms with Gasteiger partial charge >= 0.3 is 6.09 Å². The van der Waals surface area contributed by atoms with E-state index in [4.69, 9.17) is 16.3 Å². The van der Waals surface area contributed by atoms with Gasteiger partial charge in [-0.25, -0.2) is 9.78 Å². The Balaban J connectivity index is 1.73. The number of carbonyl (C=O) groups is 1. The van der Waals surface area contributed by atoms with E-state index in [2.05, 4.69) is 52.5 Å². The first-order chi connectivity index (χ1) is 10.3. The number of rotatable bonds is 5. The maximum absolute atomic E-state index is 11.9. The first kappa shape index (κ1) is 17.8. The van der Waals surface area contributed by atoms with E-state index < -0.39 is 8.07 Å². The second kappa shape index (κ2) is 7.35. The smallest absolute Gasteiger partial charge is 0.409 e. The van der Waals surface area contributed by atoms with Crippen LogP contribution in [0.25, 0.3) is 0 Å². The molecule has 0 unspecified atom stereocenters. The minimum absolute atomic E-state index is 0.174. The highest BCUT2D eigenvalue weighted by Crippen LogP contribution is 2.26. The summed E-state index contributed by atoms with van der Waals surface area (Å²) in [5, 5.41) is 3.89. The summed E-state index contributed by atoms with van der Waals surface area (Å²) < 4.78 is 6.27. The van der Waals surface area contributed by atoms with Gasteiger partial charge < -0.3 is 15.0 Å². The van der Waals surface area contributed by atoms with Crippen LogP contribution >= 0.6 is 34.2 Å². The Morgan fingerprint density at radius 3 is 2.86 bits per heavy atom. The van der Waals surface area contributed by atoms with Crippen molar-refractivity contribution in [2.24, 2.45) is 0 Å². The van der Waals surface area contributed by atoms with E-state index in [-0.39, 0.29) is 12.1 Å². The molecule has 1 N–H and O–H groups in total. The molecule has 0 saturated carbocycles. The Kier molecular flexibility index (Phi) is 5.95. The number of hydrogen-bond donors (Lipinski definition) is 1. The van der Waals surface area contributed by atoms with Gasteiger partial charge in [0, 0.05) is 30.9 Å². The molecule has 1 amide bonds. The lowest BCUT2D eigenvalue weighted by molar-refractivity contribution is 0.0793. The van der Waals surface area contributed by atoms with Gasteiger partial charge in [0.25, 0.3) is 0 Å². The maximum Gasteiger partial charge on any atom is 0.409 e. The number of hydrogen-bond acceptors (Lipinski definition) is 4. The van der Waals surface area contributed by atoms with Gasteiger partial charge in [-0.05, 0) is 34.7 Å². The van der Waals surface area contributed by atoms with Crippen molar-refractivity contribution in [3.8, 4) is 0 Å². The number of nitrogens with zero attached hydrogens (tertiary/aromatic N) is 2. The van der Waals surface area contributed by atoms with Gasteiger partial charge in [0.05, 0.1) is 17.7 Å². The molecule has 0 aromatic carbocycles. The Labute approximate surface area is 150 Å². The molecule has 1 saturated heterocycles. The van der Waals surface area contributed by atoms with Crippen molar-refractivity contribution in [1.82, 2.24) is 9.88 Å². The Hall–Kier alpha value is -0.543. The van der Waals surface area contributed by atoms with Crippen LogP contribution in [-0.4, -0.2) is 49.8 Å². The van der Waals surface area contributed by atoms with E-state index in [9.17, 15) is 4.79 Å². The van der Waals surface area contributed by atoms with Gasteiger partial charge in [0.2, 0.25) is 0 Å². The fourth-order valence-electron chi connectivity index (χ4n) is 1.97. The zero-order valence-corrected chi connectivity index (χ0v) is 16.9. The predicted octanol–water partition coefficient (Wildman–Crippen LogP) is 3.91. The molecule has 0 spiro atoms. The Morgan fingerprint density at radius 2 is 2.23 bits per heavy atom. The van der Waals surface area contributed by atoms with Crippen molar-refractivity contribution in [3.05, 3.63) is 20.9 Å². The van der Waals surface area contributed by atoms with E-state index in [1.807, 2.05) is 6.07 Å². The summed E-state index contributed by atoms with van der Waals surface area (Å²) in [6, 6.07) is 3.03. The predicted molar refractivity (Wildman–Crippen MR) is 100 cm³/mol. The number of halogens is 2. The molecule has 2 heterocycles. The van der Waals surface area contributed by atoms with E-state index >= 15 is 0 Å². The first-order valence-electron chi connectivity index (χ1n) is 7.24. The Morgan fingerprint density at radius 1 is 1.55 bits per heavy atom. The fraction of sp³-hybridized carbons (Fsp3) is 0.571. The maximum atomic E-state index is 11.9. The standard InChI is InChI=1S/C14H21ClIN3O2Si/c1-22(2,3)7-6-21-14(20)19-8-10(9-19)18-13-12(15)11(16)4-5-17-13/h4-5,10H,6-9H2,1-3H3,(H,17,18). The molecule has 122 valence electrons. The number of likely N-dealkylation sites (tertiary alicyclic amines) is 1. The monoisotopic (exact) mass is 453 g/mol. The molecule has 0 aliphatic carbocycles. The topological polar surface area (TPSA) is 54.5 Å². The second-order valence-corrected chi connectivity index (χ2v) is 13.8. The third kappa shape index (κ3) is 4.99. The zero-order valence-electron chi connectivity index (χ0n) is 13.0. The van der Waals surface area contributed by atoms with Crippen molar-refractivity contribution in [1.29, 1.82) is 0 Å². The van der Waals surface area contributed by atoms with Gasteiger partial charge in [-0.1, -0.05) is 31.2 Å². The zero-order chi connectivity index (χ0) is 16.3. The molecule has 2 rings (SSSR count). The molecule has 1 aromatic heterocycles. The highest BCUT2D eigenvalue weighted by Gasteiger charge is 2.32. The van der Waals surface area contributed by atoms with Gasteiger partial charge in [-0.15, -0.1) is 0 Å². The van der Waals surface area contributed by atoms with Crippen molar-refractivity contribution in [2.75, 3.05) is 25.0 Å². The van der Waals surface area contributed by atoms with Gasteiger partial charge in [0.1, 0.15) is 5.82 Å². The highest BCUT2D eigenvalue weighted by atomic mass is 127. The molecule has 5 nitrogen and oxygen atoms in total. The number of anilines is 1. The molecule has 22 heavy (non-hydrogen) atoms. The summed E-state index contributed by atoms with van der Waals surface area (Å²) in [6.45, 7) is 8.56. The average molecular weight is 454 g/mol. The Bertz CT molecular complexity index is 547. The highest BCUT2D eigenvalue weighted by molar-refractivity contribution is 14.1. The second-order valence-electron chi connectivity index (χ2n) is 6.63. The number of ether oxygens (including phenoxy) is 1. The van der Waals surface area contributed by atoms with Crippen LogP contribution in [0.5, 0.6) is 0 Å². The number of pyridine rings is 1. The molecule has 1 aliphatic rings. The lowest BCUT2D eigenvalue weighted by Gasteiger charge is -2.39. The summed E-state index contributed by atoms with van der Waals surface area (Å²) in [7, 11) is -1.16. The van der Waals surface area contributed by atoms with Gasteiger partial charge in [0.15, 0.2) is 0 Å². The van der Waals surface area contributed by atoms with Crippen LogP contribution in [0, 0.1) is 3.57 Å². The van der Waals surface area contributed by atoms with Crippen LogP contribution in [0.2, 0.25) is 30.7 Å². The van der Waals surface area contributed by atoms with Crippen molar-refractivity contribution >= 4 is 54.2 Å². The molecule has 1 aromatic rings. The minimum atomic E-state index is -1.16. The van der Waals surface area contributed by atoms with Crippen LogP contribution in [0.1, 0.15) is 0 Å². The molecular weight excluding hydrogens is 433 g/mol. The first-order valence-corrected chi connectivity index (χ1v) is 12.4. The quantitative estimate of drug-likeness (QED) is 0.542. The molecule has 0 radical (unpaired) electrons. The number of nitrogens with one attached hydrogen (secondary N) is 1. The SMILES string of the molecule is C[Si](C)(C)CCOC(=O)N1CC(Nc2nccc(I)c2Cl)C1. The summed E-state index contributed by atoms with van der Waals surface area (Å²) in [5.41, 5.74) is 0. The van der Waals surface area contributed by atoms with Crippen LogP contribution in [0.15, 0.2) is 12.3 Å². The largest absolute Gasteiger partial charge is 0.450 e. The fourth-order valence-corrected chi connectivity index (χ4v) is 3.27. The van der Waals surface area contributed by atoms with Crippen LogP contribution in [-0.2, 0) is 4.74 Å². The van der Waals surface area contributed by atoms with Crippen molar-refractivity contribution < 1.29 is 9.53 Å². The summed E-state index contributed by atoms with van der Waals surface area (Å²) in [4.78, 5) is 17.8. The molecular formula is C14H21ClIN3O2Si. The third-order valence-corrected chi connectivity index (χ3v) is 6.70. The molecule has 1 fully saturated rings. The lowest BCUT2D eigenvalue weighted by atomic mass is 10.1.